The zero-order valence-electron chi connectivity index (χ0n) is 13.7. The molecule has 1 heterocycles. The van der Waals surface area contributed by atoms with Crippen LogP contribution in [0, 0.1) is 0 Å². The maximum absolute atomic E-state index is 12.5. The Hall–Kier alpha value is -2.50. The molecule has 0 bridgehead atoms. The normalized spacial score (nSPS) is 16.1. The van der Waals surface area contributed by atoms with E-state index in [4.69, 9.17) is 9.47 Å². The molecule has 0 radical (unpaired) electrons. The Labute approximate surface area is 136 Å². The molecular weight excluding hydrogens is 296 g/mol. The summed E-state index contributed by atoms with van der Waals surface area (Å²) in [7, 11) is 3.10. The molecule has 1 atom stereocenters. The molecule has 6 heteroatoms. The van der Waals surface area contributed by atoms with E-state index in [9.17, 15) is 9.59 Å². The summed E-state index contributed by atoms with van der Waals surface area (Å²) in [6.07, 6.45) is 4.50. The van der Waals surface area contributed by atoms with Gasteiger partial charge in [0.15, 0.2) is 0 Å². The van der Waals surface area contributed by atoms with Gasteiger partial charge in [-0.15, -0.1) is 0 Å². The van der Waals surface area contributed by atoms with Gasteiger partial charge in [-0.05, 0) is 18.6 Å². The highest BCUT2D eigenvalue weighted by Gasteiger charge is 2.30. The topological polar surface area (TPSA) is 59.1 Å². The molecule has 0 spiro atoms. The molecule has 0 aliphatic carbocycles. The molecule has 0 aromatic heterocycles. The van der Waals surface area contributed by atoms with E-state index in [2.05, 4.69) is 6.92 Å². The first kappa shape index (κ1) is 16.9. The summed E-state index contributed by atoms with van der Waals surface area (Å²) in [5.74, 6) is -0.421. The van der Waals surface area contributed by atoms with Crippen LogP contribution in [-0.2, 0) is 9.47 Å². The molecule has 2 amide bonds. The minimum atomic E-state index is -0.573. The Morgan fingerprint density at radius 1 is 1.39 bits per heavy atom. The highest BCUT2D eigenvalue weighted by molar-refractivity contribution is 5.89. The number of unbranched alkanes of at least 4 members (excludes halogenated alkanes) is 1. The summed E-state index contributed by atoms with van der Waals surface area (Å²) in [5, 5.41) is 0. The van der Waals surface area contributed by atoms with Crippen molar-refractivity contribution in [2.75, 3.05) is 20.7 Å². The van der Waals surface area contributed by atoms with Gasteiger partial charge in [-0.25, -0.2) is 9.59 Å². The van der Waals surface area contributed by atoms with Crippen LogP contribution < -0.4 is 0 Å². The Kier molecular flexibility index (Phi) is 5.62. The van der Waals surface area contributed by atoms with Gasteiger partial charge in [-0.1, -0.05) is 25.5 Å². The molecule has 0 saturated heterocycles. The summed E-state index contributed by atoms with van der Waals surface area (Å²) in [6.45, 7) is 2.77. The molecule has 1 aromatic carbocycles. The molecule has 0 N–H and O–H groups in total. The van der Waals surface area contributed by atoms with Gasteiger partial charge >= 0.3 is 12.0 Å². The van der Waals surface area contributed by atoms with Crippen molar-refractivity contribution in [3.63, 3.8) is 0 Å². The molecular formula is C17H22N2O4. The van der Waals surface area contributed by atoms with Gasteiger partial charge in [0.2, 0.25) is 6.23 Å². The van der Waals surface area contributed by atoms with E-state index in [0.717, 1.165) is 18.4 Å². The number of hydrogen-bond acceptors (Lipinski definition) is 4. The van der Waals surface area contributed by atoms with Crippen LogP contribution in [-0.4, -0.2) is 42.5 Å². The number of amides is 2. The highest BCUT2D eigenvalue weighted by Crippen LogP contribution is 2.29. The Morgan fingerprint density at radius 2 is 2.17 bits per heavy atom. The SMILES string of the molecule is CCCCN(C)C(=O)N1C=COC1c1cccc(C(=O)OC)c1. The highest BCUT2D eigenvalue weighted by atomic mass is 16.5. The van der Waals surface area contributed by atoms with Crippen molar-refractivity contribution < 1.29 is 19.1 Å². The van der Waals surface area contributed by atoms with Gasteiger partial charge in [-0.3, -0.25) is 4.90 Å². The van der Waals surface area contributed by atoms with Gasteiger partial charge in [0.05, 0.1) is 12.7 Å². The van der Waals surface area contributed by atoms with Gasteiger partial charge in [0, 0.05) is 25.4 Å². The first-order valence-electron chi connectivity index (χ1n) is 7.62. The maximum atomic E-state index is 12.5. The minimum Gasteiger partial charge on any atom is -0.472 e. The van der Waals surface area contributed by atoms with Crippen LogP contribution in [0.5, 0.6) is 0 Å². The second kappa shape index (κ2) is 7.67. The smallest absolute Gasteiger partial charge is 0.337 e. The predicted molar refractivity (Wildman–Crippen MR) is 85.5 cm³/mol. The average molecular weight is 318 g/mol. The lowest BCUT2D eigenvalue weighted by molar-refractivity contribution is 0.0593. The molecule has 23 heavy (non-hydrogen) atoms. The van der Waals surface area contributed by atoms with Crippen molar-refractivity contribution in [1.29, 1.82) is 0 Å². The molecule has 1 aliphatic rings. The van der Waals surface area contributed by atoms with Crippen LogP contribution in [0.2, 0.25) is 0 Å². The zero-order valence-corrected chi connectivity index (χ0v) is 13.7. The number of carbonyl (C=O) groups is 2. The molecule has 1 unspecified atom stereocenters. The fourth-order valence-corrected chi connectivity index (χ4v) is 2.35. The third-order valence-corrected chi connectivity index (χ3v) is 3.67. The first-order valence-corrected chi connectivity index (χ1v) is 7.62. The largest absolute Gasteiger partial charge is 0.472 e. The lowest BCUT2D eigenvalue weighted by Gasteiger charge is -2.27. The second-order valence-electron chi connectivity index (χ2n) is 5.36. The molecule has 1 aromatic rings. The van der Waals surface area contributed by atoms with E-state index in [0.29, 0.717) is 12.1 Å². The number of rotatable bonds is 5. The molecule has 1 aliphatic heterocycles. The fourth-order valence-electron chi connectivity index (χ4n) is 2.35. The van der Waals surface area contributed by atoms with Crippen LogP contribution >= 0.6 is 0 Å². The first-order chi connectivity index (χ1) is 11.1. The van der Waals surface area contributed by atoms with Crippen molar-refractivity contribution in [3.8, 4) is 0 Å². The van der Waals surface area contributed by atoms with Gasteiger partial charge in [0.25, 0.3) is 0 Å². The standard InChI is InChI=1S/C17H22N2O4/c1-4-5-9-18(2)17(21)19-10-11-23-15(19)13-7-6-8-14(12-13)16(20)22-3/h6-8,10-12,15H,4-5,9H2,1-3H3. The van der Waals surface area contributed by atoms with E-state index in [1.807, 2.05) is 6.07 Å². The van der Waals surface area contributed by atoms with Crippen LogP contribution in [0.15, 0.2) is 36.7 Å². The molecule has 0 fully saturated rings. The monoisotopic (exact) mass is 318 g/mol. The summed E-state index contributed by atoms with van der Waals surface area (Å²) >= 11 is 0. The number of esters is 1. The van der Waals surface area contributed by atoms with Gasteiger partial charge in [-0.2, -0.15) is 0 Å². The maximum Gasteiger partial charge on any atom is 0.337 e. The lowest BCUT2D eigenvalue weighted by atomic mass is 10.1. The number of benzene rings is 1. The van der Waals surface area contributed by atoms with Gasteiger partial charge < -0.3 is 14.4 Å². The zero-order chi connectivity index (χ0) is 16.8. The van der Waals surface area contributed by atoms with Crippen LogP contribution in [0.1, 0.15) is 41.9 Å². The van der Waals surface area contributed by atoms with Crippen molar-refractivity contribution in [2.24, 2.45) is 0 Å². The van der Waals surface area contributed by atoms with E-state index in [-0.39, 0.29) is 6.03 Å². The number of nitrogens with zero attached hydrogens (tertiary/aromatic N) is 2. The number of hydrogen-bond donors (Lipinski definition) is 0. The van der Waals surface area contributed by atoms with E-state index < -0.39 is 12.2 Å². The van der Waals surface area contributed by atoms with Gasteiger partial charge in [0.1, 0.15) is 6.26 Å². The third-order valence-electron chi connectivity index (χ3n) is 3.67. The molecule has 2 rings (SSSR count). The lowest BCUT2D eigenvalue weighted by Crippen LogP contribution is -2.39. The number of ether oxygens (including phenoxy) is 2. The quantitative estimate of drug-likeness (QED) is 0.783. The number of carbonyl (C=O) groups excluding carboxylic acids is 2. The Balaban J connectivity index is 2.16. The summed E-state index contributed by atoms with van der Waals surface area (Å²) in [6, 6.07) is 6.76. The second-order valence-corrected chi connectivity index (χ2v) is 5.36. The van der Waals surface area contributed by atoms with Crippen molar-refractivity contribution in [3.05, 3.63) is 47.9 Å². The van der Waals surface area contributed by atoms with Crippen molar-refractivity contribution in [1.82, 2.24) is 9.80 Å². The van der Waals surface area contributed by atoms with Crippen molar-refractivity contribution >= 4 is 12.0 Å². The molecule has 6 nitrogen and oxygen atoms in total. The third kappa shape index (κ3) is 3.83. The number of urea groups is 1. The van der Waals surface area contributed by atoms with Crippen molar-refractivity contribution in [2.45, 2.75) is 26.0 Å². The minimum absolute atomic E-state index is 0.138. The van der Waals surface area contributed by atoms with E-state index in [1.54, 1.807) is 36.3 Å². The Morgan fingerprint density at radius 3 is 2.87 bits per heavy atom. The van der Waals surface area contributed by atoms with Crippen LogP contribution in [0.3, 0.4) is 0 Å². The van der Waals surface area contributed by atoms with E-state index in [1.165, 1.54) is 18.3 Å². The van der Waals surface area contributed by atoms with Crippen LogP contribution in [0.25, 0.3) is 0 Å². The molecule has 124 valence electrons. The number of methoxy groups -OCH3 is 1. The Bertz CT molecular complexity index is 600. The summed E-state index contributed by atoms with van der Waals surface area (Å²) in [5.41, 5.74) is 1.14. The van der Waals surface area contributed by atoms with Crippen LogP contribution in [0.4, 0.5) is 4.79 Å². The molecule has 0 saturated carbocycles. The summed E-state index contributed by atoms with van der Waals surface area (Å²) in [4.78, 5) is 27.4. The predicted octanol–water partition coefficient (Wildman–Crippen LogP) is 3.13. The average Bonchev–Trinajstić information content (AvgIpc) is 3.07. The van der Waals surface area contributed by atoms with E-state index >= 15 is 0 Å². The summed E-state index contributed by atoms with van der Waals surface area (Å²) < 4.78 is 10.3. The fraction of sp³-hybridized carbons (Fsp3) is 0.412.